The fourth-order valence-electron chi connectivity index (χ4n) is 1.51. The smallest absolute Gasteiger partial charge is 0.123 e. The van der Waals surface area contributed by atoms with E-state index in [-0.39, 0.29) is 5.41 Å². The van der Waals surface area contributed by atoms with Crippen molar-refractivity contribution in [1.82, 2.24) is 9.97 Å². The lowest BCUT2D eigenvalue weighted by atomic mass is 9.84. The minimum atomic E-state index is 0.154. The van der Waals surface area contributed by atoms with Crippen LogP contribution in [0.3, 0.4) is 0 Å². The molecule has 2 nitrogen and oxygen atoms in total. The molecule has 0 aliphatic rings. The van der Waals surface area contributed by atoms with Crippen LogP contribution in [-0.2, 0) is 5.41 Å². The first-order valence-corrected chi connectivity index (χ1v) is 6.13. The predicted octanol–water partition coefficient (Wildman–Crippen LogP) is 3.55. The van der Waals surface area contributed by atoms with Crippen LogP contribution >= 0.6 is 22.6 Å². The van der Waals surface area contributed by atoms with E-state index in [1.807, 2.05) is 0 Å². The van der Waals surface area contributed by atoms with Gasteiger partial charge in [-0.1, -0.05) is 33.6 Å². The maximum absolute atomic E-state index is 4.43. The van der Waals surface area contributed by atoms with Crippen molar-refractivity contribution in [2.24, 2.45) is 0 Å². The van der Waals surface area contributed by atoms with Gasteiger partial charge in [-0.2, -0.15) is 0 Å². The molecule has 0 saturated heterocycles. The van der Waals surface area contributed by atoms with Gasteiger partial charge in [-0.25, -0.2) is 4.98 Å². The highest BCUT2D eigenvalue weighted by Crippen LogP contribution is 2.29. The summed E-state index contributed by atoms with van der Waals surface area (Å²) in [5, 5.41) is 0. The maximum atomic E-state index is 4.43. The van der Waals surface area contributed by atoms with E-state index in [4.69, 9.17) is 0 Å². The van der Waals surface area contributed by atoms with Crippen LogP contribution in [0.15, 0.2) is 12.4 Å². The predicted molar refractivity (Wildman–Crippen MR) is 67.3 cm³/mol. The lowest BCUT2D eigenvalue weighted by Gasteiger charge is -2.24. The zero-order chi connectivity index (χ0) is 10.6. The topological polar surface area (TPSA) is 25.8 Å². The summed E-state index contributed by atoms with van der Waals surface area (Å²) >= 11 is 2.26. The molecule has 1 aromatic heterocycles. The van der Waals surface area contributed by atoms with Gasteiger partial charge >= 0.3 is 0 Å². The first-order valence-electron chi connectivity index (χ1n) is 5.05. The summed E-state index contributed by atoms with van der Waals surface area (Å²) in [7, 11) is 0. The largest absolute Gasteiger partial charge is 0.256 e. The molecule has 78 valence electrons. The molecular formula is C11H17IN2. The van der Waals surface area contributed by atoms with Crippen molar-refractivity contribution in [3.8, 4) is 0 Å². The molecule has 0 aliphatic heterocycles. The summed E-state index contributed by atoms with van der Waals surface area (Å²) < 4.78 is 1.03. The molecule has 0 saturated carbocycles. The molecule has 14 heavy (non-hydrogen) atoms. The Morgan fingerprint density at radius 1 is 1.29 bits per heavy atom. The van der Waals surface area contributed by atoms with E-state index in [0.29, 0.717) is 0 Å². The van der Waals surface area contributed by atoms with Crippen LogP contribution < -0.4 is 0 Å². The van der Waals surface area contributed by atoms with E-state index in [1.54, 1.807) is 12.4 Å². The second-order valence-corrected chi connectivity index (χ2v) is 5.21. The van der Waals surface area contributed by atoms with E-state index >= 15 is 0 Å². The van der Waals surface area contributed by atoms with Gasteiger partial charge in [-0.3, -0.25) is 4.98 Å². The van der Waals surface area contributed by atoms with E-state index in [1.165, 1.54) is 19.3 Å². The molecule has 0 amide bonds. The van der Waals surface area contributed by atoms with Crippen molar-refractivity contribution in [2.45, 2.75) is 45.4 Å². The van der Waals surface area contributed by atoms with E-state index in [9.17, 15) is 0 Å². The van der Waals surface area contributed by atoms with Gasteiger partial charge in [0.05, 0.1) is 5.69 Å². The molecule has 1 aromatic rings. The fourth-order valence-corrected chi connectivity index (χ4v) is 2.54. The molecule has 0 aromatic carbocycles. The summed E-state index contributed by atoms with van der Waals surface area (Å²) in [6, 6.07) is 0. The maximum Gasteiger partial charge on any atom is 0.123 e. The third kappa shape index (κ3) is 2.90. The standard InChI is InChI=1S/C11H17IN2/c1-4-5-6-11(2,3)9-10(12)14-8-7-13-9/h7-8H,4-6H2,1-3H3. The van der Waals surface area contributed by atoms with Gasteiger partial charge in [0.2, 0.25) is 0 Å². The Morgan fingerprint density at radius 2 is 1.93 bits per heavy atom. The monoisotopic (exact) mass is 304 g/mol. The van der Waals surface area contributed by atoms with Crippen LogP contribution in [-0.4, -0.2) is 9.97 Å². The van der Waals surface area contributed by atoms with Crippen LogP contribution in [0, 0.1) is 3.70 Å². The summed E-state index contributed by atoms with van der Waals surface area (Å²) in [5.41, 5.74) is 1.29. The molecule has 0 spiro atoms. The fraction of sp³-hybridized carbons (Fsp3) is 0.636. The molecular weight excluding hydrogens is 287 g/mol. The highest BCUT2D eigenvalue weighted by atomic mass is 127. The molecule has 0 unspecified atom stereocenters. The quantitative estimate of drug-likeness (QED) is 0.795. The number of nitrogens with zero attached hydrogens (tertiary/aromatic N) is 2. The Morgan fingerprint density at radius 3 is 2.50 bits per heavy atom. The number of unbranched alkanes of at least 4 members (excludes halogenated alkanes) is 1. The molecule has 0 aliphatic carbocycles. The first kappa shape index (κ1) is 11.9. The second-order valence-electron chi connectivity index (χ2n) is 4.18. The number of hydrogen-bond donors (Lipinski definition) is 0. The van der Waals surface area contributed by atoms with Gasteiger partial charge in [0.25, 0.3) is 0 Å². The molecule has 0 N–H and O–H groups in total. The van der Waals surface area contributed by atoms with Gasteiger partial charge in [-0.15, -0.1) is 0 Å². The summed E-state index contributed by atoms with van der Waals surface area (Å²) in [5.74, 6) is 0. The lowest BCUT2D eigenvalue weighted by Crippen LogP contribution is -2.20. The van der Waals surface area contributed by atoms with Crippen LogP contribution in [0.2, 0.25) is 0 Å². The normalized spacial score (nSPS) is 11.7. The highest BCUT2D eigenvalue weighted by Gasteiger charge is 2.24. The molecule has 0 fully saturated rings. The zero-order valence-corrected chi connectivity index (χ0v) is 11.2. The summed E-state index contributed by atoms with van der Waals surface area (Å²) in [6.45, 7) is 6.71. The number of hydrogen-bond acceptors (Lipinski definition) is 2. The van der Waals surface area contributed by atoms with Crippen LogP contribution in [0.5, 0.6) is 0 Å². The third-order valence-corrected chi connectivity index (χ3v) is 3.24. The van der Waals surface area contributed by atoms with Crippen LogP contribution in [0.4, 0.5) is 0 Å². The van der Waals surface area contributed by atoms with Gasteiger partial charge in [0.15, 0.2) is 0 Å². The average molecular weight is 304 g/mol. The lowest BCUT2D eigenvalue weighted by molar-refractivity contribution is 0.441. The SMILES string of the molecule is CCCCC(C)(C)c1nccnc1I. The number of rotatable bonds is 4. The number of aromatic nitrogens is 2. The van der Waals surface area contributed by atoms with Crippen molar-refractivity contribution in [1.29, 1.82) is 0 Å². The molecule has 1 heterocycles. The number of halogens is 1. The van der Waals surface area contributed by atoms with Crippen molar-refractivity contribution >= 4 is 22.6 Å². The molecule has 1 rings (SSSR count). The highest BCUT2D eigenvalue weighted by molar-refractivity contribution is 14.1. The summed E-state index contributed by atoms with van der Waals surface area (Å²) in [6.07, 6.45) is 7.20. The average Bonchev–Trinajstić information content (AvgIpc) is 2.15. The Bertz CT molecular complexity index is 297. The van der Waals surface area contributed by atoms with Gasteiger partial charge in [0, 0.05) is 17.8 Å². The minimum Gasteiger partial charge on any atom is -0.256 e. The van der Waals surface area contributed by atoms with Crippen molar-refractivity contribution in [3.05, 3.63) is 21.8 Å². The Hall–Kier alpha value is -0.190. The Kier molecular flexibility index (Phi) is 4.29. The van der Waals surface area contributed by atoms with Crippen molar-refractivity contribution < 1.29 is 0 Å². The Balaban J connectivity index is 2.86. The summed E-state index contributed by atoms with van der Waals surface area (Å²) in [4.78, 5) is 8.71. The third-order valence-electron chi connectivity index (χ3n) is 2.45. The second kappa shape index (κ2) is 5.05. The molecule has 0 atom stereocenters. The van der Waals surface area contributed by atoms with Crippen LogP contribution in [0.25, 0.3) is 0 Å². The van der Waals surface area contributed by atoms with Crippen molar-refractivity contribution in [2.75, 3.05) is 0 Å². The van der Waals surface area contributed by atoms with Crippen molar-refractivity contribution in [3.63, 3.8) is 0 Å². The molecule has 0 radical (unpaired) electrons. The van der Waals surface area contributed by atoms with E-state index in [0.717, 1.165) is 9.39 Å². The van der Waals surface area contributed by atoms with Crippen LogP contribution in [0.1, 0.15) is 45.7 Å². The van der Waals surface area contributed by atoms with Gasteiger partial charge in [0.1, 0.15) is 3.70 Å². The first-order chi connectivity index (χ1) is 6.58. The van der Waals surface area contributed by atoms with E-state index < -0.39 is 0 Å². The van der Waals surface area contributed by atoms with Gasteiger partial charge < -0.3 is 0 Å². The molecule has 3 heteroatoms. The van der Waals surface area contributed by atoms with Gasteiger partial charge in [-0.05, 0) is 29.0 Å². The molecule has 0 bridgehead atoms. The zero-order valence-electron chi connectivity index (χ0n) is 9.05. The Labute approximate surface area is 99.7 Å². The minimum absolute atomic E-state index is 0.154. The van der Waals surface area contributed by atoms with E-state index in [2.05, 4.69) is 53.3 Å².